The molecule has 0 bridgehead atoms. The van der Waals surface area contributed by atoms with Crippen molar-refractivity contribution < 1.29 is 4.79 Å². The molecule has 1 aliphatic rings. The average Bonchev–Trinajstić information content (AvgIpc) is 2.58. The van der Waals surface area contributed by atoms with E-state index in [0.717, 1.165) is 10.0 Å². The van der Waals surface area contributed by atoms with Crippen LogP contribution in [0.5, 0.6) is 0 Å². The van der Waals surface area contributed by atoms with Crippen LogP contribution in [0.4, 0.5) is 0 Å². The van der Waals surface area contributed by atoms with E-state index in [2.05, 4.69) is 31.6 Å². The summed E-state index contributed by atoms with van der Waals surface area (Å²) in [5, 5.41) is 5.93. The van der Waals surface area contributed by atoms with Gasteiger partial charge in [0.1, 0.15) is 5.54 Å². The number of benzene rings is 1. The van der Waals surface area contributed by atoms with Gasteiger partial charge in [-0.2, -0.15) is 0 Å². The highest BCUT2D eigenvalue weighted by Crippen LogP contribution is 2.19. The third-order valence-corrected chi connectivity index (χ3v) is 3.44. The molecule has 0 saturated carbocycles. The van der Waals surface area contributed by atoms with E-state index in [4.69, 9.17) is 0 Å². The highest BCUT2D eigenvalue weighted by Gasteiger charge is 2.40. The molecule has 18 heavy (non-hydrogen) atoms. The third-order valence-electron chi connectivity index (χ3n) is 2.91. The molecule has 1 saturated heterocycles. The van der Waals surface area contributed by atoms with Crippen LogP contribution in [-0.4, -0.2) is 24.0 Å². The van der Waals surface area contributed by atoms with Crippen LogP contribution in [0.1, 0.15) is 19.4 Å². The predicted octanol–water partition coefficient (Wildman–Crippen LogP) is 1.85. The molecule has 1 heterocycles. The zero-order chi connectivity index (χ0) is 13.2. The number of carbonyl (C=O) groups excluding carboxylic acids is 1. The van der Waals surface area contributed by atoms with E-state index in [9.17, 15) is 4.79 Å². The van der Waals surface area contributed by atoms with Gasteiger partial charge in [0.15, 0.2) is 5.96 Å². The van der Waals surface area contributed by atoms with Gasteiger partial charge in [-0.05, 0) is 31.5 Å². The Morgan fingerprint density at radius 2 is 2.00 bits per heavy atom. The maximum Gasteiger partial charge on any atom is 0.252 e. The molecule has 1 fully saturated rings. The maximum atomic E-state index is 12.0. The Bertz CT molecular complexity index is 484. The van der Waals surface area contributed by atoms with Crippen LogP contribution in [-0.2, 0) is 11.2 Å². The van der Waals surface area contributed by atoms with Gasteiger partial charge in [0.05, 0.1) is 0 Å². The molecule has 1 aromatic carbocycles. The Hall–Kier alpha value is -1.36. The summed E-state index contributed by atoms with van der Waals surface area (Å²) in [4.78, 5) is 16.2. The van der Waals surface area contributed by atoms with E-state index < -0.39 is 5.54 Å². The van der Waals surface area contributed by atoms with Gasteiger partial charge in [-0.3, -0.25) is 15.1 Å². The molecule has 2 rings (SSSR count). The van der Waals surface area contributed by atoms with Crippen molar-refractivity contribution in [2.24, 2.45) is 4.99 Å². The van der Waals surface area contributed by atoms with Gasteiger partial charge in [0.2, 0.25) is 0 Å². The highest BCUT2D eigenvalue weighted by molar-refractivity contribution is 9.10. The summed E-state index contributed by atoms with van der Waals surface area (Å²) >= 11 is 3.40. The van der Waals surface area contributed by atoms with Crippen molar-refractivity contribution in [1.82, 2.24) is 10.6 Å². The van der Waals surface area contributed by atoms with E-state index in [-0.39, 0.29) is 5.91 Å². The molecule has 1 atom stereocenters. The number of guanidine groups is 1. The van der Waals surface area contributed by atoms with Crippen LogP contribution < -0.4 is 10.6 Å². The monoisotopic (exact) mass is 309 g/mol. The van der Waals surface area contributed by atoms with Crippen LogP contribution >= 0.6 is 15.9 Å². The van der Waals surface area contributed by atoms with E-state index in [1.165, 1.54) is 0 Å². The minimum Gasteiger partial charge on any atom is -0.342 e. The van der Waals surface area contributed by atoms with Crippen molar-refractivity contribution in [3.05, 3.63) is 34.3 Å². The molecule has 1 unspecified atom stereocenters. The summed E-state index contributed by atoms with van der Waals surface area (Å²) in [5.74, 6) is 0.541. The van der Waals surface area contributed by atoms with Crippen LogP contribution in [0, 0.1) is 0 Å². The lowest BCUT2D eigenvalue weighted by atomic mass is 9.93. The fourth-order valence-corrected chi connectivity index (χ4v) is 2.23. The predicted molar refractivity (Wildman–Crippen MR) is 75.5 cm³/mol. The summed E-state index contributed by atoms with van der Waals surface area (Å²) in [5.41, 5.74) is 0.489. The molecular formula is C13H16BrN3O. The van der Waals surface area contributed by atoms with Crippen LogP contribution in [0.2, 0.25) is 0 Å². The van der Waals surface area contributed by atoms with Gasteiger partial charge in [0.25, 0.3) is 5.91 Å². The zero-order valence-corrected chi connectivity index (χ0v) is 12.0. The molecule has 1 aliphatic heterocycles. The lowest BCUT2D eigenvalue weighted by molar-refractivity contribution is -0.123. The molecule has 0 spiro atoms. The average molecular weight is 310 g/mol. The second-order valence-electron chi connectivity index (χ2n) is 4.54. The van der Waals surface area contributed by atoms with E-state index in [0.29, 0.717) is 18.9 Å². The normalized spacial score (nSPS) is 25.1. The number of amides is 1. The fourth-order valence-electron chi connectivity index (χ4n) is 1.97. The van der Waals surface area contributed by atoms with Crippen molar-refractivity contribution in [2.75, 3.05) is 6.54 Å². The van der Waals surface area contributed by atoms with E-state index >= 15 is 0 Å². The summed E-state index contributed by atoms with van der Waals surface area (Å²) in [7, 11) is 0. The molecule has 1 amide bonds. The fraction of sp³-hybridized carbons (Fsp3) is 0.385. The first kappa shape index (κ1) is 13.1. The number of aliphatic imine (C=N–C) groups is 1. The van der Waals surface area contributed by atoms with Crippen molar-refractivity contribution in [1.29, 1.82) is 0 Å². The minimum atomic E-state index is -0.623. The first-order valence-electron chi connectivity index (χ1n) is 5.92. The molecule has 0 aliphatic carbocycles. The lowest BCUT2D eigenvalue weighted by Crippen LogP contribution is -2.45. The largest absolute Gasteiger partial charge is 0.342 e. The quantitative estimate of drug-likeness (QED) is 0.895. The summed E-state index contributed by atoms with van der Waals surface area (Å²) in [6.07, 6.45) is 0.634. The van der Waals surface area contributed by atoms with Crippen molar-refractivity contribution in [3.63, 3.8) is 0 Å². The molecule has 1 aromatic rings. The lowest BCUT2D eigenvalue weighted by Gasteiger charge is -2.21. The molecule has 2 N–H and O–H groups in total. The topological polar surface area (TPSA) is 53.5 Å². The minimum absolute atomic E-state index is 0.0300. The van der Waals surface area contributed by atoms with Gasteiger partial charge in [-0.25, -0.2) is 0 Å². The second kappa shape index (κ2) is 5.10. The van der Waals surface area contributed by atoms with Crippen molar-refractivity contribution in [2.45, 2.75) is 25.8 Å². The Morgan fingerprint density at radius 1 is 1.33 bits per heavy atom. The van der Waals surface area contributed by atoms with Crippen LogP contribution in [0.25, 0.3) is 0 Å². The number of rotatable bonds is 3. The molecule has 96 valence electrons. The Morgan fingerprint density at radius 3 is 2.61 bits per heavy atom. The number of nitrogens with one attached hydrogen (secondary N) is 2. The molecule has 5 heteroatoms. The SMILES string of the molecule is CCN=C1NC(=O)C(C)(Cc2ccc(Br)cc2)N1. The highest BCUT2D eigenvalue weighted by atomic mass is 79.9. The number of halogens is 1. The smallest absolute Gasteiger partial charge is 0.252 e. The first-order chi connectivity index (χ1) is 8.53. The molecule has 4 nitrogen and oxygen atoms in total. The second-order valence-corrected chi connectivity index (χ2v) is 5.45. The summed E-state index contributed by atoms with van der Waals surface area (Å²) < 4.78 is 1.04. The molecule has 0 aromatic heterocycles. The van der Waals surface area contributed by atoms with Crippen LogP contribution in [0.15, 0.2) is 33.7 Å². The number of hydrogen-bond donors (Lipinski definition) is 2. The molecular weight excluding hydrogens is 294 g/mol. The Kier molecular flexibility index (Phi) is 3.71. The van der Waals surface area contributed by atoms with Gasteiger partial charge in [-0.1, -0.05) is 28.1 Å². The van der Waals surface area contributed by atoms with Crippen molar-refractivity contribution >= 4 is 27.8 Å². The van der Waals surface area contributed by atoms with Gasteiger partial charge in [0, 0.05) is 17.4 Å². The first-order valence-corrected chi connectivity index (χ1v) is 6.71. The van der Waals surface area contributed by atoms with E-state index in [1.54, 1.807) is 0 Å². The maximum absolute atomic E-state index is 12.0. The Labute approximate surface area is 115 Å². The van der Waals surface area contributed by atoms with Gasteiger partial charge in [-0.15, -0.1) is 0 Å². The Balaban J connectivity index is 2.15. The van der Waals surface area contributed by atoms with Gasteiger partial charge < -0.3 is 5.32 Å². The van der Waals surface area contributed by atoms with Crippen LogP contribution in [0.3, 0.4) is 0 Å². The zero-order valence-electron chi connectivity index (χ0n) is 10.5. The van der Waals surface area contributed by atoms with Crippen molar-refractivity contribution in [3.8, 4) is 0 Å². The molecule has 0 radical (unpaired) electrons. The summed E-state index contributed by atoms with van der Waals surface area (Å²) in [6.45, 7) is 4.48. The number of nitrogens with zero attached hydrogens (tertiary/aromatic N) is 1. The number of carbonyl (C=O) groups is 1. The standard InChI is InChI=1S/C13H16BrN3O/c1-3-15-12-16-11(18)13(2,17-12)8-9-4-6-10(14)7-5-9/h4-7H,3,8H2,1-2H3,(H2,15,16,17,18). The van der Waals surface area contributed by atoms with Gasteiger partial charge >= 0.3 is 0 Å². The van der Waals surface area contributed by atoms with E-state index in [1.807, 2.05) is 38.1 Å². The summed E-state index contributed by atoms with van der Waals surface area (Å²) in [6, 6.07) is 7.98. The number of hydrogen-bond acceptors (Lipinski definition) is 2. The third kappa shape index (κ3) is 2.72.